The molecule has 3 N–H and O–H groups in total. The number of thiazole rings is 1. The number of carbonyl (C=O) groups is 2. The SMILES string of the molecule is Cc1occc1C(=O)Nc1nc(CC(=O)NC2CCCNC2)cs1.Cl.Cl. The average molecular weight is 421 g/mol. The Morgan fingerprint density at radius 2 is 2.23 bits per heavy atom. The lowest BCUT2D eigenvalue weighted by molar-refractivity contribution is -0.121. The third-order valence-electron chi connectivity index (χ3n) is 3.88. The summed E-state index contributed by atoms with van der Waals surface area (Å²) in [6.45, 7) is 3.55. The van der Waals surface area contributed by atoms with Gasteiger partial charge in [-0.2, -0.15) is 0 Å². The molecule has 1 fully saturated rings. The standard InChI is InChI=1S/C16H20N4O3S.2ClH/c1-10-13(4-6-23-10)15(22)20-16-19-12(9-24-16)7-14(21)18-11-3-2-5-17-8-11;;/h4,6,9,11,17H,2-3,5,7-8H2,1H3,(H,18,21)(H,19,20,22);2*1H. The number of rotatable bonds is 5. The number of piperidine rings is 1. The zero-order chi connectivity index (χ0) is 16.9. The van der Waals surface area contributed by atoms with Crippen molar-refractivity contribution in [1.29, 1.82) is 0 Å². The summed E-state index contributed by atoms with van der Waals surface area (Å²) in [7, 11) is 0. The fourth-order valence-electron chi connectivity index (χ4n) is 2.65. The van der Waals surface area contributed by atoms with Crippen molar-refractivity contribution in [2.45, 2.75) is 32.2 Å². The number of aryl methyl sites for hydroxylation is 1. The summed E-state index contributed by atoms with van der Waals surface area (Å²) in [5, 5.41) is 11.3. The molecule has 3 rings (SSSR count). The number of furan rings is 1. The fourth-order valence-corrected chi connectivity index (χ4v) is 3.35. The van der Waals surface area contributed by atoms with Crippen LogP contribution in [0.1, 0.15) is 34.7 Å². The van der Waals surface area contributed by atoms with Gasteiger partial charge in [-0.1, -0.05) is 0 Å². The molecule has 0 spiro atoms. The number of anilines is 1. The number of carbonyl (C=O) groups excluding carboxylic acids is 2. The lowest BCUT2D eigenvalue weighted by Gasteiger charge is -2.23. The Kier molecular flexibility index (Phi) is 9.07. The monoisotopic (exact) mass is 420 g/mol. The van der Waals surface area contributed by atoms with Crippen molar-refractivity contribution >= 4 is 53.1 Å². The molecule has 1 aliphatic rings. The first-order valence-corrected chi connectivity index (χ1v) is 8.79. The van der Waals surface area contributed by atoms with E-state index in [1.54, 1.807) is 18.4 Å². The van der Waals surface area contributed by atoms with Crippen LogP contribution in [-0.4, -0.2) is 35.9 Å². The maximum Gasteiger partial charge on any atom is 0.260 e. The molecule has 3 heterocycles. The Morgan fingerprint density at radius 1 is 1.42 bits per heavy atom. The van der Waals surface area contributed by atoms with Crippen molar-refractivity contribution in [3.63, 3.8) is 0 Å². The topological polar surface area (TPSA) is 96.3 Å². The van der Waals surface area contributed by atoms with Crippen molar-refractivity contribution in [2.24, 2.45) is 0 Å². The minimum atomic E-state index is -0.264. The minimum absolute atomic E-state index is 0. The van der Waals surface area contributed by atoms with Crippen LogP contribution in [0.5, 0.6) is 0 Å². The molecule has 2 amide bonds. The van der Waals surface area contributed by atoms with E-state index in [-0.39, 0.29) is 49.1 Å². The van der Waals surface area contributed by atoms with Gasteiger partial charge < -0.3 is 15.1 Å². The van der Waals surface area contributed by atoms with Crippen LogP contribution in [0.2, 0.25) is 0 Å². The molecule has 1 atom stereocenters. The lowest BCUT2D eigenvalue weighted by Crippen LogP contribution is -2.46. The molecular weight excluding hydrogens is 399 g/mol. The lowest BCUT2D eigenvalue weighted by atomic mass is 10.1. The molecule has 0 radical (unpaired) electrons. The van der Waals surface area contributed by atoms with Gasteiger partial charge in [0, 0.05) is 18.0 Å². The molecular formula is C16H22Cl2N4O3S. The van der Waals surface area contributed by atoms with Crippen molar-refractivity contribution in [1.82, 2.24) is 15.6 Å². The maximum absolute atomic E-state index is 12.1. The van der Waals surface area contributed by atoms with Crippen LogP contribution in [0.3, 0.4) is 0 Å². The van der Waals surface area contributed by atoms with E-state index in [2.05, 4.69) is 20.9 Å². The Hall–Kier alpha value is -1.61. The summed E-state index contributed by atoms with van der Waals surface area (Å²) in [5.41, 5.74) is 1.13. The van der Waals surface area contributed by atoms with Crippen LogP contribution in [0.15, 0.2) is 22.1 Å². The number of nitrogens with one attached hydrogen (secondary N) is 3. The highest BCUT2D eigenvalue weighted by atomic mass is 35.5. The molecule has 1 aliphatic heterocycles. The highest BCUT2D eigenvalue weighted by molar-refractivity contribution is 7.14. The highest BCUT2D eigenvalue weighted by Gasteiger charge is 2.17. The summed E-state index contributed by atoms with van der Waals surface area (Å²) >= 11 is 1.30. The van der Waals surface area contributed by atoms with Gasteiger partial charge in [0.05, 0.1) is 23.9 Å². The van der Waals surface area contributed by atoms with Gasteiger partial charge in [-0.15, -0.1) is 36.2 Å². The van der Waals surface area contributed by atoms with Gasteiger partial charge >= 0.3 is 0 Å². The van der Waals surface area contributed by atoms with Gasteiger partial charge in [-0.25, -0.2) is 4.98 Å². The predicted molar refractivity (Wildman–Crippen MR) is 106 cm³/mol. The summed E-state index contributed by atoms with van der Waals surface area (Å²) in [4.78, 5) is 28.5. The largest absolute Gasteiger partial charge is 0.469 e. The summed E-state index contributed by atoms with van der Waals surface area (Å²) < 4.78 is 5.12. The first-order valence-electron chi connectivity index (χ1n) is 7.92. The molecule has 2 aromatic heterocycles. The summed E-state index contributed by atoms with van der Waals surface area (Å²) in [6.07, 6.45) is 3.77. The molecule has 0 aliphatic carbocycles. The normalized spacial score (nSPS) is 16.1. The Balaban J connectivity index is 0.00000169. The van der Waals surface area contributed by atoms with Crippen molar-refractivity contribution in [3.8, 4) is 0 Å². The van der Waals surface area contributed by atoms with Crippen LogP contribution >= 0.6 is 36.2 Å². The van der Waals surface area contributed by atoms with E-state index < -0.39 is 0 Å². The highest BCUT2D eigenvalue weighted by Crippen LogP contribution is 2.18. The number of hydrogen-bond donors (Lipinski definition) is 3. The molecule has 7 nitrogen and oxygen atoms in total. The van der Waals surface area contributed by atoms with Gasteiger partial charge in [-0.3, -0.25) is 14.9 Å². The van der Waals surface area contributed by atoms with E-state index in [0.717, 1.165) is 25.9 Å². The van der Waals surface area contributed by atoms with Gasteiger partial charge in [-0.05, 0) is 32.4 Å². The second-order valence-corrected chi connectivity index (χ2v) is 6.63. The number of halogens is 2. The predicted octanol–water partition coefficient (Wildman–Crippen LogP) is 2.55. The maximum atomic E-state index is 12.1. The molecule has 2 aromatic rings. The van der Waals surface area contributed by atoms with E-state index in [1.807, 2.05) is 0 Å². The minimum Gasteiger partial charge on any atom is -0.469 e. The molecule has 1 unspecified atom stereocenters. The van der Waals surface area contributed by atoms with Crippen LogP contribution in [0, 0.1) is 6.92 Å². The quantitative estimate of drug-likeness (QED) is 0.690. The van der Waals surface area contributed by atoms with Crippen molar-refractivity contribution < 1.29 is 14.0 Å². The molecule has 144 valence electrons. The van der Waals surface area contributed by atoms with E-state index in [1.165, 1.54) is 17.6 Å². The van der Waals surface area contributed by atoms with Crippen LogP contribution in [0.25, 0.3) is 0 Å². The smallest absolute Gasteiger partial charge is 0.260 e. The molecule has 26 heavy (non-hydrogen) atoms. The molecule has 10 heteroatoms. The Labute approximate surface area is 168 Å². The van der Waals surface area contributed by atoms with Gasteiger partial charge in [0.2, 0.25) is 5.91 Å². The zero-order valence-electron chi connectivity index (χ0n) is 14.2. The Morgan fingerprint density at radius 3 is 2.88 bits per heavy atom. The summed E-state index contributed by atoms with van der Waals surface area (Å²) in [5.74, 6) is 0.252. The molecule has 0 aromatic carbocycles. The molecule has 0 bridgehead atoms. The number of aromatic nitrogens is 1. The summed E-state index contributed by atoms with van der Waals surface area (Å²) in [6, 6.07) is 1.80. The van der Waals surface area contributed by atoms with Crippen LogP contribution < -0.4 is 16.0 Å². The van der Waals surface area contributed by atoms with Gasteiger partial charge in [0.15, 0.2) is 5.13 Å². The fraction of sp³-hybridized carbons (Fsp3) is 0.438. The second-order valence-electron chi connectivity index (χ2n) is 5.78. The Bertz CT molecular complexity index is 729. The second kappa shape index (κ2) is 10.5. The van der Waals surface area contributed by atoms with Crippen molar-refractivity contribution in [3.05, 3.63) is 34.7 Å². The third kappa shape index (κ3) is 5.98. The van der Waals surface area contributed by atoms with Gasteiger partial charge in [0.1, 0.15) is 5.76 Å². The van der Waals surface area contributed by atoms with Crippen molar-refractivity contribution in [2.75, 3.05) is 18.4 Å². The third-order valence-corrected chi connectivity index (χ3v) is 4.69. The van der Waals surface area contributed by atoms with E-state index in [0.29, 0.717) is 22.1 Å². The van der Waals surface area contributed by atoms with Crippen LogP contribution in [0.4, 0.5) is 5.13 Å². The average Bonchev–Trinajstić information content (AvgIpc) is 3.17. The first kappa shape index (κ1) is 22.4. The zero-order valence-corrected chi connectivity index (χ0v) is 16.7. The number of hydrogen-bond acceptors (Lipinski definition) is 6. The van der Waals surface area contributed by atoms with Crippen LogP contribution in [-0.2, 0) is 11.2 Å². The first-order chi connectivity index (χ1) is 11.6. The van der Waals surface area contributed by atoms with E-state index in [4.69, 9.17) is 4.42 Å². The van der Waals surface area contributed by atoms with E-state index in [9.17, 15) is 9.59 Å². The molecule has 0 saturated carbocycles. The van der Waals surface area contributed by atoms with Gasteiger partial charge in [0.25, 0.3) is 5.91 Å². The molecule has 1 saturated heterocycles. The number of nitrogens with zero attached hydrogens (tertiary/aromatic N) is 1. The van der Waals surface area contributed by atoms with E-state index >= 15 is 0 Å². The number of amides is 2.